The van der Waals surface area contributed by atoms with Crippen molar-refractivity contribution in [2.24, 2.45) is 0 Å². The zero-order valence-corrected chi connectivity index (χ0v) is 49.5. The molecule has 0 saturated heterocycles. The van der Waals surface area contributed by atoms with Crippen LogP contribution in [0.4, 0.5) is 0 Å². The van der Waals surface area contributed by atoms with Crippen LogP contribution in [0.25, 0.3) is 0 Å². The van der Waals surface area contributed by atoms with Gasteiger partial charge in [-0.15, -0.1) is 0 Å². The van der Waals surface area contributed by atoms with Gasteiger partial charge in [0.1, 0.15) is 19.3 Å². The summed E-state index contributed by atoms with van der Waals surface area (Å²) in [6.45, 7) is 6.81. The third kappa shape index (κ3) is 54.3. The van der Waals surface area contributed by atoms with Gasteiger partial charge in [-0.2, -0.15) is 0 Å². The highest BCUT2D eigenvalue weighted by atomic mass is 31.2. The molecule has 0 spiro atoms. The lowest BCUT2D eigenvalue weighted by Crippen LogP contribution is -2.47. The monoisotopic (exact) mass is 1040 g/mol. The number of esters is 1. The van der Waals surface area contributed by atoms with Crippen molar-refractivity contribution >= 4 is 19.7 Å². The van der Waals surface area contributed by atoms with Crippen molar-refractivity contribution in [3.63, 3.8) is 0 Å². The number of phosphoric ester groups is 1. The smallest absolute Gasteiger partial charge is 0.306 e. The van der Waals surface area contributed by atoms with Gasteiger partial charge < -0.3 is 28.5 Å². The number of quaternary nitrogens is 1. The molecule has 0 heterocycles. The number of phosphoric acid groups is 1. The van der Waals surface area contributed by atoms with Gasteiger partial charge in [-0.05, 0) is 76.7 Å². The molecule has 0 aliphatic carbocycles. The van der Waals surface area contributed by atoms with Gasteiger partial charge in [-0.3, -0.25) is 14.2 Å². The highest BCUT2D eigenvalue weighted by molar-refractivity contribution is 7.45. The summed E-state index contributed by atoms with van der Waals surface area (Å²) in [4.78, 5) is 39.9. The fourth-order valence-electron chi connectivity index (χ4n) is 8.68. The first-order valence-electron chi connectivity index (χ1n) is 30.6. The van der Waals surface area contributed by atoms with Crippen LogP contribution in [0.15, 0.2) is 60.8 Å². The minimum Gasteiger partial charge on any atom is -0.756 e. The molecule has 3 unspecified atom stereocenters. The van der Waals surface area contributed by atoms with Gasteiger partial charge in [-0.25, -0.2) is 0 Å². The Morgan fingerprint density at radius 3 is 1.27 bits per heavy atom. The zero-order valence-electron chi connectivity index (χ0n) is 48.6. The molecule has 1 amide bonds. The van der Waals surface area contributed by atoms with E-state index in [4.69, 9.17) is 13.8 Å². The van der Waals surface area contributed by atoms with Gasteiger partial charge >= 0.3 is 5.97 Å². The van der Waals surface area contributed by atoms with E-state index < -0.39 is 26.6 Å². The van der Waals surface area contributed by atoms with Crippen LogP contribution in [-0.4, -0.2) is 69.4 Å². The molecule has 0 radical (unpaired) electrons. The van der Waals surface area contributed by atoms with Gasteiger partial charge in [0, 0.05) is 12.8 Å². The summed E-state index contributed by atoms with van der Waals surface area (Å²) in [7, 11) is 1.17. The van der Waals surface area contributed by atoms with Crippen LogP contribution >= 0.6 is 7.82 Å². The number of ether oxygens (including phenoxy) is 1. The summed E-state index contributed by atoms with van der Waals surface area (Å²) in [5.41, 5.74) is 0. The highest BCUT2D eigenvalue weighted by Gasteiger charge is 2.27. The van der Waals surface area contributed by atoms with Crippen LogP contribution in [0, 0.1) is 0 Å². The van der Waals surface area contributed by atoms with E-state index in [2.05, 4.69) is 74.7 Å². The second-order valence-corrected chi connectivity index (χ2v) is 23.3. The molecule has 0 rings (SSSR count). The van der Waals surface area contributed by atoms with Crippen LogP contribution in [0.1, 0.15) is 278 Å². The Labute approximate surface area is 451 Å². The van der Waals surface area contributed by atoms with Gasteiger partial charge in [-0.1, -0.05) is 249 Å². The number of likely N-dealkylation sites (N-methyl/N-ethyl adjacent to an activating group) is 1. The number of hydrogen-bond acceptors (Lipinski definition) is 7. The lowest BCUT2D eigenvalue weighted by Gasteiger charge is -2.30. The van der Waals surface area contributed by atoms with E-state index in [9.17, 15) is 19.0 Å². The summed E-state index contributed by atoms with van der Waals surface area (Å²) < 4.78 is 30.3. The minimum absolute atomic E-state index is 0.0265. The summed E-state index contributed by atoms with van der Waals surface area (Å²) in [6, 6.07) is -0.897. The van der Waals surface area contributed by atoms with Crippen molar-refractivity contribution in [1.82, 2.24) is 5.32 Å². The zero-order chi connectivity index (χ0) is 53.6. The average molecular weight is 1050 g/mol. The molecular weight excluding hydrogens is 928 g/mol. The van der Waals surface area contributed by atoms with Crippen LogP contribution in [-0.2, 0) is 27.9 Å². The van der Waals surface area contributed by atoms with Crippen molar-refractivity contribution in [2.75, 3.05) is 40.9 Å². The fourth-order valence-corrected chi connectivity index (χ4v) is 9.41. The molecule has 1 N–H and O–H groups in total. The number of unbranched alkanes of at least 4 members (excludes halogenated alkanes) is 31. The topological polar surface area (TPSA) is 114 Å². The minimum atomic E-state index is -4.70. The van der Waals surface area contributed by atoms with E-state index >= 15 is 0 Å². The maximum absolute atomic E-state index is 13.5. The number of nitrogens with one attached hydrogen (secondary N) is 1. The van der Waals surface area contributed by atoms with Crippen molar-refractivity contribution < 1.29 is 37.3 Å². The van der Waals surface area contributed by atoms with Crippen LogP contribution in [0.3, 0.4) is 0 Å². The van der Waals surface area contributed by atoms with E-state index in [1.54, 1.807) is 0 Å². The standard InChI is InChI=1S/C63H117N2O7P/c1-7-10-13-16-19-22-25-28-29-30-31-32-33-34-35-38-40-43-46-49-52-55-62(66)64-60(59-71-73(68,69)70-58-57-65(4,5)6)61(54-51-48-45-42-39-36-26-23-20-17-14-11-8-2)72-63(67)56-53-50-47-44-41-37-27-24-21-18-15-12-9-3/h19,22,28-29,31-32,34-35,51,54,60-61H,7-18,20-21,23-27,30,33,36-50,52-53,55-59H2,1-6H3,(H-,64,66,68,69)/b22-19-,29-28-,32-31-,35-34-,54-51-. The number of hydrogen-bond donors (Lipinski definition) is 1. The Kier molecular flexibility index (Phi) is 51.5. The van der Waals surface area contributed by atoms with E-state index in [0.717, 1.165) is 96.3 Å². The van der Waals surface area contributed by atoms with E-state index in [0.29, 0.717) is 17.4 Å². The summed E-state index contributed by atoms with van der Waals surface area (Å²) in [6.07, 6.45) is 66.0. The lowest BCUT2D eigenvalue weighted by molar-refractivity contribution is -0.870. The molecule has 0 aromatic heterocycles. The van der Waals surface area contributed by atoms with E-state index in [-0.39, 0.29) is 24.9 Å². The third-order valence-electron chi connectivity index (χ3n) is 13.5. The van der Waals surface area contributed by atoms with Gasteiger partial charge in [0.15, 0.2) is 0 Å². The molecule has 426 valence electrons. The molecule has 0 aromatic rings. The Morgan fingerprint density at radius 2 is 0.836 bits per heavy atom. The number of carbonyl (C=O) groups excluding carboxylic acids is 2. The predicted molar refractivity (Wildman–Crippen MR) is 312 cm³/mol. The second kappa shape index (κ2) is 53.1. The lowest BCUT2D eigenvalue weighted by atomic mass is 10.0. The van der Waals surface area contributed by atoms with Crippen LogP contribution < -0.4 is 10.2 Å². The second-order valence-electron chi connectivity index (χ2n) is 21.9. The number of rotatable bonds is 55. The predicted octanol–water partition coefficient (Wildman–Crippen LogP) is 18.0. The quantitative estimate of drug-likeness (QED) is 0.0212. The summed E-state index contributed by atoms with van der Waals surface area (Å²) in [5, 5.41) is 3.02. The van der Waals surface area contributed by atoms with Gasteiger partial charge in [0.25, 0.3) is 7.82 Å². The Bertz CT molecular complexity index is 1440. The third-order valence-corrected chi connectivity index (χ3v) is 14.4. The van der Waals surface area contributed by atoms with Crippen molar-refractivity contribution in [1.29, 1.82) is 0 Å². The molecule has 0 bridgehead atoms. The first-order chi connectivity index (χ1) is 35.4. The largest absolute Gasteiger partial charge is 0.756 e. The molecule has 10 heteroatoms. The number of carbonyl (C=O) groups is 2. The van der Waals surface area contributed by atoms with Gasteiger partial charge in [0.2, 0.25) is 5.91 Å². The SMILES string of the molecule is CCCCC/C=C\C/C=C\C/C=C\C/C=C\CCCCCCCC(=O)NC(COP(=O)([O-])OCC[N+](C)(C)C)C(/C=C\CCCCCCCCCCCCC)OC(=O)CCCCCCCCCCCCCCC. The normalized spacial score (nSPS) is 14.1. The van der Waals surface area contributed by atoms with Crippen molar-refractivity contribution in [3.05, 3.63) is 60.8 Å². The Balaban J connectivity index is 5.31. The molecule has 0 aromatic carbocycles. The number of amides is 1. The van der Waals surface area contributed by atoms with Crippen LogP contribution in [0.2, 0.25) is 0 Å². The Morgan fingerprint density at radius 1 is 0.479 bits per heavy atom. The maximum atomic E-state index is 13.5. The molecule has 0 fully saturated rings. The first-order valence-corrected chi connectivity index (χ1v) is 32.1. The maximum Gasteiger partial charge on any atom is 0.306 e. The molecule has 0 aliphatic heterocycles. The molecule has 0 saturated carbocycles. The fraction of sp³-hybridized carbons (Fsp3) is 0.810. The molecule has 0 aliphatic rings. The average Bonchev–Trinajstić information content (AvgIpc) is 3.35. The first kappa shape index (κ1) is 70.7. The molecule has 9 nitrogen and oxygen atoms in total. The van der Waals surface area contributed by atoms with E-state index in [1.807, 2.05) is 33.3 Å². The van der Waals surface area contributed by atoms with Gasteiger partial charge in [0.05, 0.1) is 33.8 Å². The summed E-state index contributed by atoms with van der Waals surface area (Å²) in [5.74, 6) is -0.556. The van der Waals surface area contributed by atoms with E-state index in [1.165, 1.54) is 148 Å². The van der Waals surface area contributed by atoms with Crippen LogP contribution in [0.5, 0.6) is 0 Å². The summed E-state index contributed by atoms with van der Waals surface area (Å²) >= 11 is 0. The molecule has 73 heavy (non-hydrogen) atoms. The number of nitrogens with zero attached hydrogens (tertiary/aromatic N) is 1. The highest BCUT2D eigenvalue weighted by Crippen LogP contribution is 2.38. The molecule has 3 atom stereocenters. The Hall–Kier alpha value is -2.29. The molecular formula is C63H117N2O7P. The number of allylic oxidation sites excluding steroid dienone is 9. The van der Waals surface area contributed by atoms with Crippen molar-refractivity contribution in [3.8, 4) is 0 Å². The van der Waals surface area contributed by atoms with Crippen molar-refractivity contribution in [2.45, 2.75) is 290 Å².